The van der Waals surface area contributed by atoms with Crippen molar-refractivity contribution in [1.29, 1.82) is 0 Å². The molecule has 0 aliphatic heterocycles. The van der Waals surface area contributed by atoms with Gasteiger partial charge in [-0.3, -0.25) is 4.79 Å². The van der Waals surface area contributed by atoms with Gasteiger partial charge in [-0.15, -0.1) is 0 Å². The van der Waals surface area contributed by atoms with Gasteiger partial charge in [-0.25, -0.2) is 9.97 Å². The molecule has 7 heteroatoms. The fourth-order valence-electron chi connectivity index (χ4n) is 1.17. The summed E-state index contributed by atoms with van der Waals surface area (Å²) in [4.78, 5) is 19.6. The van der Waals surface area contributed by atoms with Gasteiger partial charge in [-0.05, 0) is 20.1 Å². The fraction of sp³-hybridized carbons (Fsp3) is 0.500. The van der Waals surface area contributed by atoms with Gasteiger partial charge in [0.15, 0.2) is 5.16 Å². The Kier molecular flexibility index (Phi) is 5.02. The summed E-state index contributed by atoms with van der Waals surface area (Å²) in [5.74, 6) is 0.861. The summed E-state index contributed by atoms with van der Waals surface area (Å²) in [6.07, 6.45) is 1.87. The molecule has 0 saturated carbocycles. The van der Waals surface area contributed by atoms with Crippen LogP contribution in [0.15, 0.2) is 11.2 Å². The summed E-state index contributed by atoms with van der Waals surface area (Å²) < 4.78 is 0. The number of rotatable bonds is 5. The minimum absolute atomic E-state index is 0.0807. The Morgan fingerprint density at radius 2 is 2.24 bits per heavy atom. The highest BCUT2D eigenvalue weighted by molar-refractivity contribution is 7.98. The monoisotopic (exact) mass is 255 g/mol. The predicted octanol–water partition coefficient (Wildman–Crippen LogP) is 0.717. The first-order valence-electron chi connectivity index (χ1n) is 5.23. The van der Waals surface area contributed by atoms with Crippen LogP contribution >= 0.6 is 11.8 Å². The van der Waals surface area contributed by atoms with E-state index in [9.17, 15) is 4.79 Å². The lowest BCUT2D eigenvalue weighted by molar-refractivity contribution is -0.119. The number of nitrogens with zero attached hydrogens (tertiary/aromatic N) is 2. The zero-order valence-electron chi connectivity index (χ0n) is 10.2. The SMILES string of the molecule is CSc1nc(N)cc(NCC(=O)NC(C)C)n1. The van der Waals surface area contributed by atoms with Gasteiger partial charge in [0.1, 0.15) is 11.6 Å². The second kappa shape index (κ2) is 6.29. The van der Waals surface area contributed by atoms with E-state index in [-0.39, 0.29) is 18.5 Å². The van der Waals surface area contributed by atoms with E-state index in [4.69, 9.17) is 5.73 Å². The molecule has 6 nitrogen and oxygen atoms in total. The maximum absolute atomic E-state index is 11.4. The van der Waals surface area contributed by atoms with Crippen molar-refractivity contribution in [3.63, 3.8) is 0 Å². The molecule has 1 rings (SSSR count). The third kappa shape index (κ3) is 4.90. The first-order valence-corrected chi connectivity index (χ1v) is 6.45. The lowest BCUT2D eigenvalue weighted by Gasteiger charge is -2.10. The third-order valence-electron chi connectivity index (χ3n) is 1.79. The quantitative estimate of drug-likeness (QED) is 0.530. The normalized spacial score (nSPS) is 10.4. The Bertz CT molecular complexity index is 396. The van der Waals surface area contributed by atoms with Crippen molar-refractivity contribution < 1.29 is 4.79 Å². The highest BCUT2D eigenvalue weighted by Gasteiger charge is 2.05. The highest BCUT2D eigenvalue weighted by Crippen LogP contribution is 2.14. The third-order valence-corrected chi connectivity index (χ3v) is 2.34. The van der Waals surface area contributed by atoms with Gasteiger partial charge in [0.05, 0.1) is 6.54 Å². The van der Waals surface area contributed by atoms with E-state index in [1.54, 1.807) is 6.07 Å². The van der Waals surface area contributed by atoms with Crippen LogP contribution < -0.4 is 16.4 Å². The minimum Gasteiger partial charge on any atom is -0.383 e. The van der Waals surface area contributed by atoms with Crippen molar-refractivity contribution in [2.45, 2.75) is 25.0 Å². The van der Waals surface area contributed by atoms with Crippen LogP contribution in [0.1, 0.15) is 13.8 Å². The first-order chi connectivity index (χ1) is 8.01. The summed E-state index contributed by atoms with van der Waals surface area (Å²) in [6.45, 7) is 3.99. The number of carbonyl (C=O) groups excluding carboxylic acids is 1. The largest absolute Gasteiger partial charge is 0.383 e. The van der Waals surface area contributed by atoms with Gasteiger partial charge in [0, 0.05) is 12.1 Å². The summed E-state index contributed by atoms with van der Waals surface area (Å²) >= 11 is 1.40. The average Bonchev–Trinajstić information content (AvgIpc) is 2.24. The van der Waals surface area contributed by atoms with E-state index in [0.717, 1.165) is 0 Å². The van der Waals surface area contributed by atoms with Crippen LogP contribution in [-0.4, -0.2) is 34.7 Å². The zero-order valence-corrected chi connectivity index (χ0v) is 11.0. The topological polar surface area (TPSA) is 92.9 Å². The summed E-state index contributed by atoms with van der Waals surface area (Å²) in [5.41, 5.74) is 5.62. The Hall–Kier alpha value is -1.50. The van der Waals surface area contributed by atoms with E-state index in [0.29, 0.717) is 16.8 Å². The van der Waals surface area contributed by atoms with Gasteiger partial charge < -0.3 is 16.4 Å². The molecule has 0 aliphatic rings. The smallest absolute Gasteiger partial charge is 0.239 e. The van der Waals surface area contributed by atoms with Crippen LogP contribution in [0.4, 0.5) is 11.6 Å². The molecule has 1 aromatic heterocycles. The Balaban J connectivity index is 2.57. The standard InChI is InChI=1S/C10H17N5OS/c1-6(2)13-9(16)5-12-8-4-7(11)14-10(15-8)17-3/h4,6H,5H2,1-3H3,(H,13,16)(H3,11,12,14,15). The van der Waals surface area contributed by atoms with E-state index >= 15 is 0 Å². The lowest BCUT2D eigenvalue weighted by Crippen LogP contribution is -2.35. The van der Waals surface area contributed by atoms with E-state index in [1.807, 2.05) is 20.1 Å². The van der Waals surface area contributed by atoms with Crippen molar-refractivity contribution in [2.24, 2.45) is 0 Å². The van der Waals surface area contributed by atoms with Gasteiger partial charge in [0.25, 0.3) is 0 Å². The number of anilines is 2. The molecule has 0 saturated heterocycles. The first kappa shape index (κ1) is 13.6. The van der Waals surface area contributed by atoms with Crippen LogP contribution in [0, 0.1) is 0 Å². The molecule has 0 radical (unpaired) electrons. The Morgan fingerprint density at radius 1 is 1.53 bits per heavy atom. The molecule has 0 spiro atoms. The Labute approximate surface area is 105 Å². The van der Waals surface area contributed by atoms with Gasteiger partial charge >= 0.3 is 0 Å². The van der Waals surface area contributed by atoms with Crippen LogP contribution in [0.25, 0.3) is 0 Å². The fourth-order valence-corrected chi connectivity index (χ4v) is 1.56. The molecule has 0 bridgehead atoms. The molecule has 1 amide bonds. The van der Waals surface area contributed by atoms with Crippen LogP contribution in [0.2, 0.25) is 0 Å². The number of nitrogen functional groups attached to an aromatic ring is 1. The summed E-state index contributed by atoms with van der Waals surface area (Å²) in [7, 11) is 0. The number of nitrogens with two attached hydrogens (primary N) is 1. The number of hydrogen-bond donors (Lipinski definition) is 3. The second-order valence-electron chi connectivity index (χ2n) is 3.74. The molecule has 4 N–H and O–H groups in total. The van der Waals surface area contributed by atoms with Crippen molar-refractivity contribution in [3.05, 3.63) is 6.07 Å². The van der Waals surface area contributed by atoms with E-state index in [1.165, 1.54) is 11.8 Å². The molecule has 0 unspecified atom stereocenters. The van der Waals surface area contributed by atoms with Gasteiger partial charge in [0.2, 0.25) is 5.91 Å². The zero-order chi connectivity index (χ0) is 12.8. The highest BCUT2D eigenvalue weighted by atomic mass is 32.2. The van der Waals surface area contributed by atoms with Crippen LogP contribution in [0.3, 0.4) is 0 Å². The van der Waals surface area contributed by atoms with Gasteiger partial charge in [-0.1, -0.05) is 11.8 Å². The van der Waals surface area contributed by atoms with Gasteiger partial charge in [-0.2, -0.15) is 0 Å². The second-order valence-corrected chi connectivity index (χ2v) is 4.51. The summed E-state index contributed by atoms with van der Waals surface area (Å²) in [6, 6.07) is 1.73. The number of thioether (sulfide) groups is 1. The minimum atomic E-state index is -0.0807. The average molecular weight is 255 g/mol. The molecule has 1 heterocycles. The summed E-state index contributed by atoms with van der Waals surface area (Å²) in [5, 5.41) is 6.26. The molecule has 0 aliphatic carbocycles. The molecule has 0 fully saturated rings. The molecular formula is C10H17N5OS. The maximum atomic E-state index is 11.4. The number of aromatic nitrogens is 2. The van der Waals surface area contributed by atoms with Crippen molar-refractivity contribution in [2.75, 3.05) is 23.9 Å². The molecule has 94 valence electrons. The maximum Gasteiger partial charge on any atom is 0.239 e. The number of amides is 1. The van der Waals surface area contributed by atoms with E-state index < -0.39 is 0 Å². The molecular weight excluding hydrogens is 238 g/mol. The van der Waals surface area contributed by atoms with Crippen LogP contribution in [0.5, 0.6) is 0 Å². The number of nitrogens with one attached hydrogen (secondary N) is 2. The Morgan fingerprint density at radius 3 is 2.82 bits per heavy atom. The number of carbonyl (C=O) groups is 1. The van der Waals surface area contributed by atoms with Crippen LogP contribution in [-0.2, 0) is 4.79 Å². The van der Waals surface area contributed by atoms with Crippen molar-refractivity contribution in [3.8, 4) is 0 Å². The van der Waals surface area contributed by atoms with E-state index in [2.05, 4.69) is 20.6 Å². The molecule has 0 atom stereocenters. The molecule has 1 aromatic rings. The molecule has 0 aromatic carbocycles. The van der Waals surface area contributed by atoms with Crippen molar-refractivity contribution in [1.82, 2.24) is 15.3 Å². The lowest BCUT2D eigenvalue weighted by atomic mass is 10.4. The molecule has 17 heavy (non-hydrogen) atoms. The number of hydrogen-bond acceptors (Lipinski definition) is 6. The van der Waals surface area contributed by atoms with Crippen molar-refractivity contribution >= 4 is 29.3 Å². The predicted molar refractivity (Wildman–Crippen MR) is 70.0 cm³/mol.